The Morgan fingerprint density at radius 2 is 1.09 bits per heavy atom. The lowest BCUT2D eigenvalue weighted by Crippen LogP contribution is -2.68. The molecule has 10 N–H and O–H groups in total. The predicted octanol–water partition coefficient (Wildman–Crippen LogP) is 0.0336. The lowest BCUT2D eigenvalue weighted by molar-refractivity contribution is -0.385. The van der Waals surface area contributed by atoms with Gasteiger partial charge in [0.1, 0.15) is 73.7 Å². The van der Waals surface area contributed by atoms with Crippen LogP contribution in [0.25, 0.3) is 0 Å². The topological polar surface area (TPSA) is 294 Å². The third-order valence-electron chi connectivity index (χ3n) is 11.9. The molecule has 3 fully saturated rings. The second-order valence-corrected chi connectivity index (χ2v) is 17.2. The highest BCUT2D eigenvalue weighted by Crippen LogP contribution is 2.34. The van der Waals surface area contributed by atoms with E-state index in [1.54, 1.807) is 0 Å². The second-order valence-electron chi connectivity index (χ2n) is 17.2. The number of carbonyl (C=O) groups excluding carboxylic acids is 2. The van der Waals surface area contributed by atoms with E-state index in [0.29, 0.717) is 13.2 Å². The number of nitrogens with one attached hydrogen (secondary N) is 2. The molecule has 2 amide bonds. The average molecular weight is 927 g/mol. The van der Waals surface area contributed by atoms with E-state index in [9.17, 15) is 50.4 Å². The van der Waals surface area contributed by atoms with Crippen LogP contribution in [0.4, 0.5) is 0 Å². The Morgan fingerprint density at radius 1 is 0.547 bits per heavy atom. The van der Waals surface area contributed by atoms with Crippen LogP contribution in [0.15, 0.2) is 0 Å². The zero-order valence-electron chi connectivity index (χ0n) is 38.3. The molecule has 3 saturated heterocycles. The van der Waals surface area contributed by atoms with E-state index in [1.165, 1.54) is 90.4 Å². The second kappa shape index (κ2) is 32.1. The first-order valence-corrected chi connectivity index (χ1v) is 23.7. The lowest BCUT2D eigenvalue weighted by atomic mass is 9.95. The Kier molecular flexibility index (Phi) is 28.4. The number of hydrogen-bond donors (Lipinski definition) is 10. The van der Waals surface area contributed by atoms with Crippen LogP contribution in [-0.4, -0.2) is 198 Å². The largest absolute Gasteiger partial charge is 0.394 e. The number of unbranched alkanes of at least 4 members (excludes halogenated alkanes) is 14. The van der Waals surface area contributed by atoms with Crippen LogP contribution in [0.2, 0.25) is 0 Å². The van der Waals surface area contributed by atoms with E-state index in [1.807, 2.05) is 0 Å². The van der Waals surface area contributed by atoms with E-state index in [2.05, 4.69) is 17.6 Å². The molecule has 0 radical (unpaired) electrons. The minimum atomic E-state index is -1.81. The van der Waals surface area contributed by atoms with Gasteiger partial charge >= 0.3 is 0 Å². The number of hydrogen-bond acceptors (Lipinski definition) is 18. The molecule has 0 saturated carbocycles. The first kappa shape index (κ1) is 56.6. The van der Waals surface area contributed by atoms with Crippen LogP contribution in [0, 0.1) is 0 Å². The van der Waals surface area contributed by atoms with Crippen LogP contribution in [0.1, 0.15) is 124 Å². The monoisotopic (exact) mass is 927 g/mol. The Hall–Kier alpha value is -1.70. The van der Waals surface area contributed by atoms with Crippen LogP contribution in [0.3, 0.4) is 0 Å². The summed E-state index contributed by atoms with van der Waals surface area (Å²) >= 11 is 0. The highest BCUT2D eigenvalue weighted by Gasteiger charge is 2.54. The number of aliphatic hydroxyl groups is 8. The van der Waals surface area contributed by atoms with Crippen molar-refractivity contribution < 1.29 is 88.3 Å². The van der Waals surface area contributed by atoms with Crippen LogP contribution in [0.5, 0.6) is 0 Å². The van der Waals surface area contributed by atoms with Gasteiger partial charge in [0.25, 0.3) is 0 Å². The van der Waals surface area contributed by atoms with Gasteiger partial charge in [0.05, 0.1) is 39.1 Å². The van der Waals surface area contributed by atoms with Crippen molar-refractivity contribution in [3.8, 4) is 0 Å². The zero-order chi connectivity index (χ0) is 46.9. The summed E-state index contributed by atoms with van der Waals surface area (Å²) in [7, 11) is 0. The molecule has 3 rings (SSSR count). The molecule has 9 unspecified atom stereocenters. The summed E-state index contributed by atoms with van der Waals surface area (Å²) in [6.07, 6.45) is -2.05. The average Bonchev–Trinajstić information content (AvgIpc) is 3.27. The molecular weight excluding hydrogens is 844 g/mol. The van der Waals surface area contributed by atoms with Gasteiger partial charge in [-0.25, -0.2) is 0 Å². The zero-order valence-corrected chi connectivity index (χ0v) is 38.3. The van der Waals surface area contributed by atoms with Crippen molar-refractivity contribution in [2.24, 2.45) is 0 Å². The van der Waals surface area contributed by atoms with Crippen molar-refractivity contribution in [2.45, 2.75) is 216 Å². The highest BCUT2D eigenvalue weighted by molar-refractivity contribution is 5.77. The normalized spacial score (nSPS) is 33.3. The Balaban J connectivity index is 1.41. The maximum Gasteiger partial charge on any atom is 0.246 e. The quantitative estimate of drug-likeness (QED) is 0.0389. The molecule has 0 aromatic heterocycles. The van der Waals surface area contributed by atoms with E-state index in [4.69, 9.17) is 37.9 Å². The molecule has 3 heterocycles. The summed E-state index contributed by atoms with van der Waals surface area (Å²) in [6.45, 7) is 4.51. The van der Waals surface area contributed by atoms with Crippen LogP contribution >= 0.6 is 0 Å². The fraction of sp³-hybridized carbons (Fsp3) is 0.955. The molecule has 0 aromatic carbocycles. The molecule has 64 heavy (non-hydrogen) atoms. The molecule has 0 aliphatic carbocycles. The van der Waals surface area contributed by atoms with Gasteiger partial charge in [0.2, 0.25) is 11.8 Å². The maximum absolute atomic E-state index is 12.4. The highest BCUT2D eigenvalue weighted by atomic mass is 16.8. The van der Waals surface area contributed by atoms with E-state index < -0.39 is 111 Å². The number of amides is 2. The molecule has 20 nitrogen and oxygen atoms in total. The van der Waals surface area contributed by atoms with Crippen molar-refractivity contribution in [3.05, 3.63) is 0 Å². The SMILES string of the molecule is CCCCCCCCCCCCCCCCCOCCOCC(=O)NCCCO[C@@H]1OC(CO)[C@H](O)C(O[C@@H]2OC(CO)[C@H](O)C(O)C2NC(C)=O)C1O[C@@H]1OC(C)[C@@H](O)C(O)C1O. The minimum absolute atomic E-state index is 0.0858. The first-order chi connectivity index (χ1) is 30.8. The third kappa shape index (κ3) is 19.5. The molecule has 20 heteroatoms. The van der Waals surface area contributed by atoms with E-state index in [-0.39, 0.29) is 38.7 Å². The van der Waals surface area contributed by atoms with Gasteiger partial charge in [-0.2, -0.15) is 0 Å². The fourth-order valence-corrected chi connectivity index (χ4v) is 8.01. The Bertz CT molecular complexity index is 1240. The molecule has 376 valence electrons. The van der Waals surface area contributed by atoms with Gasteiger partial charge in [-0.1, -0.05) is 96.8 Å². The molecule has 0 bridgehead atoms. The molecule has 0 aromatic rings. The van der Waals surface area contributed by atoms with Gasteiger partial charge in [-0.3, -0.25) is 9.59 Å². The van der Waals surface area contributed by atoms with Crippen molar-refractivity contribution >= 4 is 11.8 Å². The predicted molar refractivity (Wildman–Crippen MR) is 229 cm³/mol. The van der Waals surface area contributed by atoms with Gasteiger partial charge in [-0.05, 0) is 19.8 Å². The maximum atomic E-state index is 12.4. The molecule has 3 aliphatic rings. The van der Waals surface area contributed by atoms with Crippen molar-refractivity contribution in [3.63, 3.8) is 0 Å². The van der Waals surface area contributed by atoms with E-state index >= 15 is 0 Å². The number of ether oxygens (including phenoxy) is 8. The number of rotatable bonds is 33. The van der Waals surface area contributed by atoms with Crippen molar-refractivity contribution in [1.82, 2.24) is 10.6 Å². The van der Waals surface area contributed by atoms with Crippen molar-refractivity contribution in [2.75, 3.05) is 52.8 Å². The van der Waals surface area contributed by atoms with Gasteiger partial charge in [0.15, 0.2) is 18.9 Å². The molecule has 3 aliphatic heterocycles. The smallest absolute Gasteiger partial charge is 0.246 e. The number of carbonyl (C=O) groups is 2. The van der Waals surface area contributed by atoms with Crippen molar-refractivity contribution in [1.29, 1.82) is 0 Å². The minimum Gasteiger partial charge on any atom is -0.394 e. The summed E-state index contributed by atoms with van der Waals surface area (Å²) in [5, 5.41) is 89.4. The molecule has 15 atom stereocenters. The summed E-state index contributed by atoms with van der Waals surface area (Å²) < 4.78 is 46.4. The van der Waals surface area contributed by atoms with Crippen LogP contribution in [-0.2, 0) is 47.5 Å². The molecule has 0 spiro atoms. The van der Waals surface area contributed by atoms with Gasteiger partial charge in [-0.15, -0.1) is 0 Å². The Labute approximate surface area is 378 Å². The standard InChI is InChI=1S/C44H82N2O18/c1-4-5-6-7-8-9-10-11-12-13-14-15-16-17-18-21-57-23-24-58-27-32(50)45-20-19-22-59-44-41(64-43-39(56)38(55)34(51)28(2)60-43)40(36(53)31(26-48)62-44)63-42-33(46-29(3)49)37(54)35(52)30(25-47)61-42/h28,30-31,33-44,47-48,51-56H,4-27H2,1-3H3,(H,45,50)(H,46,49)/t28?,30?,31?,33?,34-,35+,36+,37?,38?,39?,40?,41?,42+,43+,44-/m1/s1. The fourth-order valence-electron chi connectivity index (χ4n) is 8.01. The lowest BCUT2D eigenvalue weighted by Gasteiger charge is -2.49. The number of aliphatic hydroxyl groups excluding tert-OH is 8. The van der Waals surface area contributed by atoms with E-state index in [0.717, 1.165) is 19.8 Å². The molecular formula is C44H82N2O18. The van der Waals surface area contributed by atoms with Gasteiger partial charge < -0.3 is 89.4 Å². The third-order valence-corrected chi connectivity index (χ3v) is 11.9. The summed E-state index contributed by atoms with van der Waals surface area (Å²) in [5.41, 5.74) is 0. The van der Waals surface area contributed by atoms with Crippen LogP contribution < -0.4 is 10.6 Å². The summed E-state index contributed by atoms with van der Waals surface area (Å²) in [6, 6.07) is -1.43. The summed E-state index contributed by atoms with van der Waals surface area (Å²) in [4.78, 5) is 24.5. The Morgan fingerprint density at radius 3 is 1.69 bits per heavy atom. The summed E-state index contributed by atoms with van der Waals surface area (Å²) in [5.74, 6) is -0.998. The van der Waals surface area contributed by atoms with Gasteiger partial charge in [0, 0.05) is 20.1 Å². The first-order valence-electron chi connectivity index (χ1n) is 23.7.